The van der Waals surface area contributed by atoms with Gasteiger partial charge in [0, 0.05) is 17.1 Å². The highest BCUT2D eigenvalue weighted by molar-refractivity contribution is 7.07. The summed E-state index contributed by atoms with van der Waals surface area (Å²) in [6.45, 7) is 7.84. The van der Waals surface area contributed by atoms with Crippen LogP contribution in [0.2, 0.25) is 5.02 Å². The van der Waals surface area contributed by atoms with E-state index < -0.39 is 12.0 Å². The fourth-order valence-corrected chi connectivity index (χ4v) is 6.08. The molecule has 3 heterocycles. The molecule has 7 nitrogen and oxygen atoms in total. The first-order valence-electron chi connectivity index (χ1n) is 12.2. The van der Waals surface area contributed by atoms with Gasteiger partial charge < -0.3 is 9.64 Å². The lowest BCUT2D eigenvalue weighted by Crippen LogP contribution is -2.41. The van der Waals surface area contributed by atoms with Crippen LogP contribution in [0.25, 0.3) is 5.57 Å². The van der Waals surface area contributed by atoms with Crippen LogP contribution < -0.4 is 19.8 Å². The van der Waals surface area contributed by atoms with Gasteiger partial charge in [-0.1, -0.05) is 60.2 Å². The van der Waals surface area contributed by atoms with Crippen LogP contribution in [0.1, 0.15) is 51.3 Å². The molecule has 9 heteroatoms. The number of para-hydroxylation sites is 1. The van der Waals surface area contributed by atoms with E-state index in [1.807, 2.05) is 31.2 Å². The minimum absolute atomic E-state index is 0.202. The standard InChI is InChI=1S/C28H26ClN3O4S/c1-5-14-31-20-9-7-6-8-19(20)22(25(31)33)24-26(34)32-23(17-10-12-18(29)13-11-17)21(27(35)36-15(2)3)16(4)30-28(32)37-24/h6-13,15,23H,5,14H2,1-4H3. The predicted octanol–water partition coefficient (Wildman–Crippen LogP) is 3.97. The van der Waals surface area contributed by atoms with Gasteiger partial charge in [-0.2, -0.15) is 0 Å². The number of allylic oxidation sites excluding steroid dienone is 1. The normalized spacial score (nSPS) is 18.2. The molecule has 190 valence electrons. The third kappa shape index (κ3) is 4.24. The lowest BCUT2D eigenvalue weighted by Gasteiger charge is -2.25. The molecule has 0 saturated heterocycles. The number of thiazole rings is 1. The van der Waals surface area contributed by atoms with E-state index in [1.54, 1.807) is 49.9 Å². The molecule has 37 heavy (non-hydrogen) atoms. The molecule has 1 aromatic heterocycles. The van der Waals surface area contributed by atoms with Crippen LogP contribution in [-0.4, -0.2) is 29.1 Å². The molecule has 3 aromatic rings. The molecule has 1 unspecified atom stereocenters. The van der Waals surface area contributed by atoms with Gasteiger partial charge in [0.15, 0.2) is 4.80 Å². The highest BCUT2D eigenvalue weighted by atomic mass is 35.5. The van der Waals surface area contributed by atoms with Gasteiger partial charge in [-0.3, -0.25) is 14.2 Å². The average Bonchev–Trinajstić information content (AvgIpc) is 3.31. The van der Waals surface area contributed by atoms with Gasteiger partial charge >= 0.3 is 5.97 Å². The molecule has 0 radical (unpaired) electrons. The number of rotatable bonds is 5. The second-order valence-electron chi connectivity index (χ2n) is 9.26. The number of carbonyl (C=O) groups excluding carboxylic acids is 2. The number of carbonyl (C=O) groups is 2. The third-order valence-corrected chi connectivity index (χ3v) is 7.65. The van der Waals surface area contributed by atoms with Crippen LogP contribution in [0.5, 0.6) is 0 Å². The SMILES string of the molecule is CCCN1C(=O)C(=c2sc3n(c2=O)C(c2ccc(Cl)cc2)C(C(=O)OC(C)C)=C(C)N=3)c2ccccc21. The molecule has 5 rings (SSSR count). The molecule has 0 bridgehead atoms. The average molecular weight is 536 g/mol. The number of esters is 1. The number of benzene rings is 2. The molecule has 0 N–H and O–H groups in total. The lowest BCUT2D eigenvalue weighted by atomic mass is 9.96. The van der Waals surface area contributed by atoms with Crippen molar-refractivity contribution in [3.05, 3.63) is 95.6 Å². The van der Waals surface area contributed by atoms with Crippen molar-refractivity contribution in [2.75, 3.05) is 11.4 Å². The van der Waals surface area contributed by atoms with Crippen molar-refractivity contribution in [3.63, 3.8) is 0 Å². The molecule has 1 atom stereocenters. The fourth-order valence-electron chi connectivity index (χ4n) is 4.82. The van der Waals surface area contributed by atoms with E-state index >= 15 is 0 Å². The summed E-state index contributed by atoms with van der Waals surface area (Å²) < 4.78 is 7.34. The zero-order valence-electron chi connectivity index (χ0n) is 20.9. The van der Waals surface area contributed by atoms with Crippen molar-refractivity contribution in [1.29, 1.82) is 0 Å². The first-order valence-corrected chi connectivity index (χ1v) is 13.3. The number of aromatic nitrogens is 1. The van der Waals surface area contributed by atoms with E-state index in [-0.39, 0.29) is 23.1 Å². The predicted molar refractivity (Wildman–Crippen MR) is 144 cm³/mol. The molecule has 2 aliphatic heterocycles. The number of ether oxygens (including phenoxy) is 1. The van der Waals surface area contributed by atoms with E-state index in [1.165, 1.54) is 15.9 Å². The third-order valence-electron chi connectivity index (χ3n) is 6.34. The number of fused-ring (bicyclic) bond motifs is 2. The van der Waals surface area contributed by atoms with Gasteiger partial charge in [-0.05, 0) is 51.0 Å². The van der Waals surface area contributed by atoms with Crippen LogP contribution in [0.15, 0.2) is 69.6 Å². The Hall–Kier alpha value is -3.49. The van der Waals surface area contributed by atoms with Gasteiger partial charge in [-0.25, -0.2) is 9.79 Å². The second kappa shape index (κ2) is 9.76. The summed E-state index contributed by atoms with van der Waals surface area (Å²) >= 11 is 7.30. The number of halogens is 1. The van der Waals surface area contributed by atoms with Gasteiger partial charge in [-0.15, -0.1) is 0 Å². The maximum Gasteiger partial charge on any atom is 0.338 e. The Kier molecular flexibility index (Phi) is 6.64. The van der Waals surface area contributed by atoms with E-state index in [9.17, 15) is 14.4 Å². The molecule has 2 aromatic carbocycles. The minimum atomic E-state index is -0.771. The first kappa shape index (κ1) is 25.2. The molecule has 0 fully saturated rings. The van der Waals surface area contributed by atoms with Crippen molar-refractivity contribution in [2.24, 2.45) is 4.99 Å². The van der Waals surface area contributed by atoms with E-state index in [0.717, 1.165) is 17.7 Å². The largest absolute Gasteiger partial charge is 0.459 e. The Morgan fingerprint density at radius 2 is 1.84 bits per heavy atom. The summed E-state index contributed by atoms with van der Waals surface area (Å²) in [5, 5.41) is 0.537. The summed E-state index contributed by atoms with van der Waals surface area (Å²) in [6, 6.07) is 13.7. The molecule has 2 aliphatic rings. The highest BCUT2D eigenvalue weighted by Crippen LogP contribution is 2.36. The Morgan fingerprint density at radius 1 is 1.14 bits per heavy atom. The maximum absolute atomic E-state index is 14.1. The Bertz CT molecular complexity index is 1630. The highest BCUT2D eigenvalue weighted by Gasteiger charge is 2.37. The number of nitrogens with zero attached hydrogens (tertiary/aromatic N) is 3. The van der Waals surface area contributed by atoms with Crippen LogP contribution in [0, 0.1) is 0 Å². The summed E-state index contributed by atoms with van der Waals surface area (Å²) in [6.07, 6.45) is 0.439. The summed E-state index contributed by atoms with van der Waals surface area (Å²) in [7, 11) is 0. The van der Waals surface area contributed by atoms with Crippen LogP contribution in [0.3, 0.4) is 0 Å². The van der Waals surface area contributed by atoms with Gasteiger partial charge in [0.1, 0.15) is 4.53 Å². The molecule has 0 saturated carbocycles. The molecule has 0 spiro atoms. The monoisotopic (exact) mass is 535 g/mol. The zero-order valence-corrected chi connectivity index (χ0v) is 22.5. The smallest absolute Gasteiger partial charge is 0.338 e. The Labute approximate surface area is 223 Å². The number of hydrogen-bond acceptors (Lipinski definition) is 6. The fraction of sp³-hybridized carbons (Fsp3) is 0.286. The summed E-state index contributed by atoms with van der Waals surface area (Å²) in [5.74, 6) is -0.739. The minimum Gasteiger partial charge on any atom is -0.459 e. The molecular formula is C28H26ClN3O4S. The summed E-state index contributed by atoms with van der Waals surface area (Å²) in [5.41, 5.74) is 2.96. The molecular weight excluding hydrogens is 510 g/mol. The zero-order chi connectivity index (χ0) is 26.4. The van der Waals surface area contributed by atoms with E-state index in [0.29, 0.717) is 37.7 Å². The quantitative estimate of drug-likeness (QED) is 0.463. The van der Waals surface area contributed by atoms with Crippen LogP contribution >= 0.6 is 22.9 Å². The van der Waals surface area contributed by atoms with Crippen molar-refractivity contribution in [2.45, 2.75) is 46.3 Å². The van der Waals surface area contributed by atoms with Gasteiger partial charge in [0.05, 0.1) is 34.7 Å². The van der Waals surface area contributed by atoms with E-state index in [4.69, 9.17) is 16.3 Å². The number of amides is 1. The number of hydrogen-bond donors (Lipinski definition) is 0. The molecule has 0 aliphatic carbocycles. The van der Waals surface area contributed by atoms with Gasteiger partial charge in [0.25, 0.3) is 11.5 Å². The van der Waals surface area contributed by atoms with Crippen molar-refractivity contribution in [3.8, 4) is 0 Å². The van der Waals surface area contributed by atoms with Crippen LogP contribution in [0.4, 0.5) is 5.69 Å². The summed E-state index contributed by atoms with van der Waals surface area (Å²) in [4.78, 5) is 47.7. The van der Waals surface area contributed by atoms with Crippen molar-refractivity contribution in [1.82, 2.24) is 4.57 Å². The van der Waals surface area contributed by atoms with Crippen molar-refractivity contribution < 1.29 is 14.3 Å². The Balaban J connectivity index is 1.80. The second-order valence-corrected chi connectivity index (χ2v) is 10.7. The lowest BCUT2D eigenvalue weighted by molar-refractivity contribution is -0.143. The Morgan fingerprint density at radius 3 is 2.51 bits per heavy atom. The molecule has 1 amide bonds. The van der Waals surface area contributed by atoms with E-state index in [2.05, 4.69) is 4.99 Å². The van der Waals surface area contributed by atoms with Crippen LogP contribution in [-0.2, 0) is 14.3 Å². The maximum atomic E-state index is 14.1. The topological polar surface area (TPSA) is 81.0 Å². The number of anilines is 1. The van der Waals surface area contributed by atoms with Crippen molar-refractivity contribution >= 4 is 46.1 Å². The first-order chi connectivity index (χ1) is 17.7. The van der Waals surface area contributed by atoms with Gasteiger partial charge in [0.2, 0.25) is 0 Å².